The highest BCUT2D eigenvalue weighted by Gasteiger charge is 2.29. The highest BCUT2D eigenvalue weighted by Crippen LogP contribution is 2.30. The number of thiophene rings is 1. The minimum atomic E-state index is -0.660. The zero-order valence-electron chi connectivity index (χ0n) is 13.3. The van der Waals surface area contributed by atoms with Gasteiger partial charge in [0.25, 0.3) is 5.91 Å². The molecule has 0 bridgehead atoms. The van der Waals surface area contributed by atoms with Crippen LogP contribution >= 0.6 is 11.3 Å². The number of carbonyl (C=O) groups excluding carboxylic acids is 3. The fourth-order valence-electron chi connectivity index (χ4n) is 2.44. The van der Waals surface area contributed by atoms with Gasteiger partial charge in [-0.3, -0.25) is 19.7 Å². The van der Waals surface area contributed by atoms with E-state index in [4.69, 9.17) is 0 Å². The first kappa shape index (κ1) is 17.2. The molecule has 0 aliphatic carbocycles. The molecule has 1 fully saturated rings. The molecule has 2 heterocycles. The normalized spacial score (nSPS) is 17.6. The van der Waals surface area contributed by atoms with Crippen molar-refractivity contribution in [3.8, 4) is 0 Å². The first-order valence-corrected chi connectivity index (χ1v) is 8.47. The van der Waals surface area contributed by atoms with Crippen LogP contribution in [0.3, 0.4) is 0 Å². The maximum atomic E-state index is 12.5. The smallest absolute Gasteiger partial charge is 0.253 e. The van der Waals surface area contributed by atoms with Crippen molar-refractivity contribution in [2.24, 2.45) is 0 Å². The molecule has 1 unspecified atom stereocenters. The summed E-state index contributed by atoms with van der Waals surface area (Å²) in [6, 6.07) is -0.660. The Kier molecular flexibility index (Phi) is 5.54. The van der Waals surface area contributed by atoms with E-state index in [9.17, 15) is 14.4 Å². The lowest BCUT2D eigenvalue weighted by molar-refractivity contribution is -0.134. The monoisotopic (exact) mass is 335 g/mol. The lowest BCUT2D eigenvalue weighted by Crippen LogP contribution is -2.52. The summed E-state index contributed by atoms with van der Waals surface area (Å²) in [4.78, 5) is 35.4. The second-order valence-corrected chi connectivity index (χ2v) is 6.47. The molecule has 1 aliphatic rings. The van der Waals surface area contributed by atoms with Crippen LogP contribution in [-0.2, 0) is 16.0 Å². The zero-order valence-corrected chi connectivity index (χ0v) is 14.1. The van der Waals surface area contributed by atoms with E-state index in [1.165, 1.54) is 11.3 Å². The van der Waals surface area contributed by atoms with Gasteiger partial charge in [-0.1, -0.05) is 19.9 Å². The summed E-state index contributed by atoms with van der Waals surface area (Å²) >= 11 is 1.45. The van der Waals surface area contributed by atoms with Crippen molar-refractivity contribution >= 4 is 34.1 Å². The van der Waals surface area contributed by atoms with Crippen molar-refractivity contribution in [3.05, 3.63) is 28.8 Å². The van der Waals surface area contributed by atoms with Crippen molar-refractivity contribution in [1.29, 1.82) is 0 Å². The molecule has 1 aliphatic heterocycles. The van der Waals surface area contributed by atoms with Gasteiger partial charge in [0.15, 0.2) is 0 Å². The Labute approximate surface area is 139 Å². The Hall–Kier alpha value is -2.15. The summed E-state index contributed by atoms with van der Waals surface area (Å²) < 4.78 is 0. The Morgan fingerprint density at radius 3 is 2.83 bits per heavy atom. The van der Waals surface area contributed by atoms with Crippen LogP contribution in [0.1, 0.15) is 49.0 Å². The second-order valence-electron chi connectivity index (χ2n) is 5.59. The molecule has 124 valence electrons. The number of anilines is 1. The molecule has 3 amide bonds. The van der Waals surface area contributed by atoms with Crippen molar-refractivity contribution in [2.45, 2.75) is 45.6 Å². The second kappa shape index (κ2) is 7.41. The molecule has 23 heavy (non-hydrogen) atoms. The maximum absolute atomic E-state index is 12.5. The molecule has 0 saturated carbocycles. The Morgan fingerprint density at radius 1 is 1.48 bits per heavy atom. The summed E-state index contributed by atoms with van der Waals surface area (Å²) in [5.74, 6) is -1.02. The van der Waals surface area contributed by atoms with E-state index in [1.807, 2.05) is 13.8 Å². The fourth-order valence-corrected chi connectivity index (χ4v) is 3.51. The highest BCUT2D eigenvalue weighted by atomic mass is 32.1. The fraction of sp³-hybridized carbons (Fsp3) is 0.438. The molecule has 3 N–H and O–H groups in total. The molecule has 0 spiro atoms. The molecule has 1 atom stereocenters. The topological polar surface area (TPSA) is 87.3 Å². The number of hydrogen-bond donors (Lipinski definition) is 3. The molecule has 0 aromatic carbocycles. The van der Waals surface area contributed by atoms with E-state index in [0.29, 0.717) is 12.0 Å². The average molecular weight is 335 g/mol. The van der Waals surface area contributed by atoms with Gasteiger partial charge in [-0.05, 0) is 25.3 Å². The van der Waals surface area contributed by atoms with Crippen molar-refractivity contribution < 1.29 is 14.4 Å². The molecular formula is C16H21N3O3S. The Balaban J connectivity index is 2.15. The van der Waals surface area contributed by atoms with E-state index in [2.05, 4.69) is 22.5 Å². The van der Waals surface area contributed by atoms with Gasteiger partial charge in [0.1, 0.15) is 6.04 Å². The Bertz CT molecular complexity index is 651. The highest BCUT2D eigenvalue weighted by molar-refractivity contribution is 7.14. The summed E-state index contributed by atoms with van der Waals surface area (Å²) in [6.45, 7) is 7.73. The molecule has 2 rings (SSSR count). The third-order valence-electron chi connectivity index (χ3n) is 3.51. The number of amides is 3. The van der Waals surface area contributed by atoms with Gasteiger partial charge in [0.2, 0.25) is 11.8 Å². The van der Waals surface area contributed by atoms with Crippen LogP contribution in [0.2, 0.25) is 0 Å². The van der Waals surface area contributed by atoms with Gasteiger partial charge in [0.05, 0.1) is 10.6 Å². The van der Waals surface area contributed by atoms with Crippen LogP contribution in [0.15, 0.2) is 17.7 Å². The predicted octanol–water partition coefficient (Wildman–Crippen LogP) is 2.18. The van der Waals surface area contributed by atoms with Crippen LogP contribution in [0.4, 0.5) is 5.00 Å². The predicted molar refractivity (Wildman–Crippen MR) is 90.4 cm³/mol. The first-order valence-electron chi connectivity index (χ1n) is 7.59. The zero-order chi connectivity index (χ0) is 17.0. The van der Waals surface area contributed by atoms with E-state index < -0.39 is 11.9 Å². The molecule has 7 heteroatoms. The summed E-state index contributed by atoms with van der Waals surface area (Å²) in [7, 11) is 0. The third kappa shape index (κ3) is 4.19. The van der Waals surface area contributed by atoms with Crippen LogP contribution in [0.25, 0.3) is 0 Å². The van der Waals surface area contributed by atoms with Crippen molar-refractivity contribution in [2.75, 3.05) is 5.32 Å². The van der Waals surface area contributed by atoms with E-state index in [1.54, 1.807) is 5.38 Å². The Morgan fingerprint density at radius 2 is 2.22 bits per heavy atom. The van der Waals surface area contributed by atoms with Gasteiger partial charge in [-0.2, -0.15) is 0 Å². The van der Waals surface area contributed by atoms with Crippen LogP contribution in [0, 0.1) is 0 Å². The van der Waals surface area contributed by atoms with E-state index in [0.717, 1.165) is 29.1 Å². The van der Waals surface area contributed by atoms with Crippen LogP contribution in [0.5, 0.6) is 0 Å². The number of allylic oxidation sites excluding steroid dienone is 1. The lowest BCUT2D eigenvalue weighted by Gasteiger charge is -2.22. The van der Waals surface area contributed by atoms with Gasteiger partial charge in [-0.15, -0.1) is 11.3 Å². The number of rotatable bonds is 6. The standard InChI is InChI=1S/C16H21N3O3S/c1-4-5-10-11(8-23-16(10)17-9(2)3)14(21)18-12-6-7-13(20)19-15(12)22/h8,12,17H,2,4-7H2,1,3H3,(H,18,21)(H,19,20,22). The first-order chi connectivity index (χ1) is 10.9. The third-order valence-corrected chi connectivity index (χ3v) is 4.45. The lowest BCUT2D eigenvalue weighted by atomic mass is 10.0. The molecule has 0 radical (unpaired) electrons. The van der Waals surface area contributed by atoms with Crippen LogP contribution in [-0.4, -0.2) is 23.8 Å². The quantitative estimate of drug-likeness (QED) is 0.695. The number of hydrogen-bond acceptors (Lipinski definition) is 5. The molecule has 1 aromatic rings. The van der Waals surface area contributed by atoms with Crippen molar-refractivity contribution in [3.63, 3.8) is 0 Å². The van der Waals surface area contributed by atoms with Gasteiger partial charge >= 0.3 is 0 Å². The average Bonchev–Trinajstić information content (AvgIpc) is 2.85. The number of imide groups is 1. The summed E-state index contributed by atoms with van der Waals surface area (Å²) in [5, 5.41) is 10.8. The molecule has 6 nitrogen and oxygen atoms in total. The minimum Gasteiger partial charge on any atom is -0.351 e. The maximum Gasteiger partial charge on any atom is 0.253 e. The number of carbonyl (C=O) groups is 3. The van der Waals surface area contributed by atoms with Gasteiger partial charge in [-0.25, -0.2) is 0 Å². The van der Waals surface area contributed by atoms with Crippen LogP contribution < -0.4 is 16.0 Å². The van der Waals surface area contributed by atoms with E-state index >= 15 is 0 Å². The summed E-state index contributed by atoms with van der Waals surface area (Å²) in [5.41, 5.74) is 2.32. The summed E-state index contributed by atoms with van der Waals surface area (Å²) in [6.07, 6.45) is 2.24. The van der Waals surface area contributed by atoms with Gasteiger partial charge < -0.3 is 10.6 Å². The SMILES string of the molecule is C=C(C)Nc1scc(C(=O)NC2CCC(=O)NC2=O)c1CCC. The van der Waals surface area contributed by atoms with E-state index in [-0.39, 0.29) is 18.2 Å². The minimum absolute atomic E-state index is 0.241. The van der Waals surface area contributed by atoms with Crippen molar-refractivity contribution in [1.82, 2.24) is 10.6 Å². The van der Waals surface area contributed by atoms with Gasteiger partial charge in [0, 0.05) is 17.5 Å². The molecular weight excluding hydrogens is 314 g/mol. The number of piperidine rings is 1. The molecule has 1 aromatic heterocycles. The number of nitrogens with one attached hydrogen (secondary N) is 3. The largest absolute Gasteiger partial charge is 0.351 e. The molecule has 1 saturated heterocycles.